The van der Waals surface area contributed by atoms with E-state index in [9.17, 15) is 13.2 Å². The van der Waals surface area contributed by atoms with Gasteiger partial charge >= 0.3 is 6.36 Å². The van der Waals surface area contributed by atoms with Crippen molar-refractivity contribution in [3.63, 3.8) is 0 Å². The van der Waals surface area contributed by atoms with E-state index >= 15 is 0 Å². The highest BCUT2D eigenvalue weighted by Gasteiger charge is 2.31. The molecule has 1 aromatic heterocycles. The van der Waals surface area contributed by atoms with Crippen LogP contribution in [0.25, 0.3) is 5.69 Å². The minimum Gasteiger partial charge on any atom is -0.493 e. The number of benzene rings is 2. The summed E-state index contributed by atoms with van der Waals surface area (Å²) in [6.45, 7) is 0.317. The number of ether oxygens (including phenoxy) is 3. The first kappa shape index (κ1) is 19.3. The van der Waals surface area contributed by atoms with Crippen molar-refractivity contribution in [2.24, 2.45) is 0 Å². The molecule has 0 radical (unpaired) electrons. The van der Waals surface area contributed by atoms with Crippen LogP contribution in [-0.4, -0.2) is 35.3 Å². The Balaban J connectivity index is 1.87. The molecular weight excluding hydrogens is 377 g/mol. The number of hydrogen-bond acceptors (Lipinski definition) is 6. The van der Waals surface area contributed by atoms with Crippen molar-refractivity contribution in [2.45, 2.75) is 12.9 Å². The van der Waals surface area contributed by atoms with E-state index in [1.54, 1.807) is 12.1 Å². The highest BCUT2D eigenvalue weighted by atomic mass is 19.4. The third kappa shape index (κ3) is 4.64. The Hall–Kier alpha value is -3.43. The van der Waals surface area contributed by atoms with Gasteiger partial charge in [0, 0.05) is 12.6 Å². The van der Waals surface area contributed by atoms with E-state index in [1.165, 1.54) is 49.8 Å². The number of alkyl halides is 3. The summed E-state index contributed by atoms with van der Waals surface area (Å²) in [4.78, 5) is 3.86. The van der Waals surface area contributed by atoms with Crippen LogP contribution in [0.5, 0.6) is 17.2 Å². The van der Waals surface area contributed by atoms with Crippen LogP contribution in [0.1, 0.15) is 5.56 Å². The summed E-state index contributed by atoms with van der Waals surface area (Å²) in [6, 6.07) is 9.28. The normalized spacial score (nSPS) is 11.2. The Kier molecular flexibility index (Phi) is 5.57. The van der Waals surface area contributed by atoms with Crippen LogP contribution in [0.2, 0.25) is 0 Å². The molecule has 0 amide bonds. The molecule has 28 heavy (non-hydrogen) atoms. The second-order valence-electron chi connectivity index (χ2n) is 5.61. The molecule has 0 unspecified atom stereocenters. The molecule has 0 bridgehead atoms. The van der Waals surface area contributed by atoms with Crippen LogP contribution in [-0.2, 0) is 6.54 Å². The van der Waals surface area contributed by atoms with Gasteiger partial charge in [0.1, 0.15) is 18.4 Å². The molecular formula is C18H17F3N4O3. The number of nitrogens with one attached hydrogen (secondary N) is 1. The summed E-state index contributed by atoms with van der Waals surface area (Å²) >= 11 is 0. The smallest absolute Gasteiger partial charge is 0.493 e. The van der Waals surface area contributed by atoms with Crippen molar-refractivity contribution < 1.29 is 27.4 Å². The van der Waals surface area contributed by atoms with Gasteiger partial charge in [-0.15, -0.1) is 13.2 Å². The maximum absolute atomic E-state index is 12.6. The molecule has 1 N–H and O–H groups in total. The molecule has 0 spiro atoms. The van der Waals surface area contributed by atoms with Gasteiger partial charge in [-0.1, -0.05) is 6.07 Å². The monoisotopic (exact) mass is 394 g/mol. The average molecular weight is 394 g/mol. The van der Waals surface area contributed by atoms with E-state index in [2.05, 4.69) is 20.1 Å². The molecule has 148 valence electrons. The molecule has 1 heterocycles. The van der Waals surface area contributed by atoms with Crippen LogP contribution in [0.4, 0.5) is 18.9 Å². The van der Waals surface area contributed by atoms with Gasteiger partial charge in [-0.05, 0) is 29.8 Å². The van der Waals surface area contributed by atoms with Crippen LogP contribution < -0.4 is 19.5 Å². The zero-order valence-electron chi connectivity index (χ0n) is 15.0. The molecule has 0 aliphatic carbocycles. The van der Waals surface area contributed by atoms with Gasteiger partial charge in [0.2, 0.25) is 0 Å². The van der Waals surface area contributed by atoms with Gasteiger partial charge in [-0.25, -0.2) is 9.67 Å². The molecule has 0 fully saturated rings. The Bertz CT molecular complexity index is 930. The summed E-state index contributed by atoms with van der Waals surface area (Å²) in [5.74, 6) is 0.786. The fraction of sp³-hybridized carbons (Fsp3) is 0.222. The maximum Gasteiger partial charge on any atom is 0.573 e. The van der Waals surface area contributed by atoms with Crippen LogP contribution in [0.15, 0.2) is 49.1 Å². The fourth-order valence-electron chi connectivity index (χ4n) is 2.57. The van der Waals surface area contributed by atoms with Crippen molar-refractivity contribution in [1.82, 2.24) is 14.8 Å². The standard InChI is InChI=1S/C18H17F3N4O3/c1-26-16-6-3-12(7-17(16)27-2)9-23-14-8-13(28-18(19,20)21)4-5-15(14)25-11-22-10-24-25/h3-8,10-11,23H,9H2,1-2H3. The second kappa shape index (κ2) is 8.07. The Morgan fingerprint density at radius 2 is 1.82 bits per heavy atom. The summed E-state index contributed by atoms with van der Waals surface area (Å²) in [6.07, 6.45) is -2.01. The molecule has 7 nitrogen and oxygen atoms in total. The predicted molar refractivity (Wildman–Crippen MR) is 94.9 cm³/mol. The van der Waals surface area contributed by atoms with Gasteiger partial charge < -0.3 is 19.5 Å². The zero-order valence-corrected chi connectivity index (χ0v) is 15.0. The Morgan fingerprint density at radius 1 is 1.04 bits per heavy atom. The summed E-state index contributed by atoms with van der Waals surface area (Å²) in [7, 11) is 3.06. The van der Waals surface area contributed by atoms with Crippen molar-refractivity contribution in [3.8, 4) is 22.9 Å². The number of methoxy groups -OCH3 is 2. The van der Waals surface area contributed by atoms with E-state index in [4.69, 9.17) is 9.47 Å². The van der Waals surface area contributed by atoms with Crippen molar-refractivity contribution in [3.05, 3.63) is 54.6 Å². The van der Waals surface area contributed by atoms with E-state index < -0.39 is 6.36 Å². The predicted octanol–water partition coefficient (Wildman–Crippen LogP) is 3.80. The van der Waals surface area contributed by atoms with Gasteiger partial charge in [0.05, 0.1) is 25.6 Å². The Labute approximate surface area is 158 Å². The van der Waals surface area contributed by atoms with Crippen LogP contribution >= 0.6 is 0 Å². The molecule has 0 saturated heterocycles. The minimum atomic E-state index is -4.78. The highest BCUT2D eigenvalue weighted by Crippen LogP contribution is 2.31. The summed E-state index contributed by atoms with van der Waals surface area (Å²) < 4.78 is 53.6. The number of aromatic nitrogens is 3. The highest BCUT2D eigenvalue weighted by molar-refractivity contribution is 5.63. The number of anilines is 1. The lowest BCUT2D eigenvalue weighted by Crippen LogP contribution is -2.17. The number of rotatable bonds is 7. The quantitative estimate of drug-likeness (QED) is 0.658. The molecule has 0 aliphatic heterocycles. The minimum absolute atomic E-state index is 0.317. The van der Waals surface area contributed by atoms with Gasteiger partial charge in [0.25, 0.3) is 0 Å². The topological polar surface area (TPSA) is 70.4 Å². The van der Waals surface area contributed by atoms with Gasteiger partial charge in [-0.3, -0.25) is 0 Å². The molecule has 0 saturated carbocycles. The Morgan fingerprint density at radius 3 is 2.46 bits per heavy atom. The fourth-order valence-corrected chi connectivity index (χ4v) is 2.57. The van der Waals surface area contributed by atoms with E-state index in [1.807, 2.05) is 6.07 Å². The first-order chi connectivity index (χ1) is 13.4. The maximum atomic E-state index is 12.6. The molecule has 3 rings (SSSR count). The van der Waals surface area contributed by atoms with Crippen molar-refractivity contribution >= 4 is 5.69 Å². The summed E-state index contributed by atoms with van der Waals surface area (Å²) in [5, 5.41) is 7.12. The van der Waals surface area contributed by atoms with Gasteiger partial charge in [-0.2, -0.15) is 5.10 Å². The third-order valence-electron chi connectivity index (χ3n) is 3.80. The van der Waals surface area contributed by atoms with E-state index in [0.717, 1.165) is 5.56 Å². The van der Waals surface area contributed by atoms with Crippen LogP contribution in [0.3, 0.4) is 0 Å². The van der Waals surface area contributed by atoms with Crippen LogP contribution in [0, 0.1) is 0 Å². The largest absolute Gasteiger partial charge is 0.573 e. The van der Waals surface area contributed by atoms with E-state index in [0.29, 0.717) is 29.4 Å². The lowest BCUT2D eigenvalue weighted by Gasteiger charge is -2.16. The SMILES string of the molecule is COc1ccc(CNc2cc(OC(F)(F)F)ccc2-n2cncn2)cc1OC. The number of halogens is 3. The average Bonchev–Trinajstić information content (AvgIpc) is 3.19. The number of hydrogen-bond donors (Lipinski definition) is 1. The molecule has 2 aromatic carbocycles. The lowest BCUT2D eigenvalue weighted by molar-refractivity contribution is -0.274. The zero-order chi connectivity index (χ0) is 20.1. The van der Waals surface area contributed by atoms with Gasteiger partial charge in [0.15, 0.2) is 11.5 Å². The molecule has 3 aromatic rings. The second-order valence-corrected chi connectivity index (χ2v) is 5.61. The van der Waals surface area contributed by atoms with E-state index in [-0.39, 0.29) is 5.75 Å². The third-order valence-corrected chi connectivity index (χ3v) is 3.80. The summed E-state index contributed by atoms with van der Waals surface area (Å²) in [5.41, 5.74) is 1.75. The number of nitrogens with zero attached hydrogens (tertiary/aromatic N) is 3. The molecule has 0 atom stereocenters. The molecule has 0 aliphatic rings. The van der Waals surface area contributed by atoms with Crippen molar-refractivity contribution in [1.29, 1.82) is 0 Å². The molecule has 10 heteroatoms. The lowest BCUT2D eigenvalue weighted by atomic mass is 10.2. The van der Waals surface area contributed by atoms with Crippen molar-refractivity contribution in [2.75, 3.05) is 19.5 Å². The first-order valence-electron chi connectivity index (χ1n) is 8.09. The first-order valence-corrected chi connectivity index (χ1v) is 8.09.